The van der Waals surface area contributed by atoms with Gasteiger partial charge in [-0.25, -0.2) is 4.79 Å². The molecular formula is C25H30Cl2N2O6. The Morgan fingerprint density at radius 2 is 1.49 bits per heavy atom. The first kappa shape index (κ1) is 29.9. The molecule has 0 fully saturated rings. The van der Waals surface area contributed by atoms with Crippen LogP contribution in [0.3, 0.4) is 0 Å². The molecule has 35 heavy (non-hydrogen) atoms. The number of hydrogen-bond donors (Lipinski definition) is 4. The number of benzene rings is 2. The number of carboxylic acid groups (broad SMARTS) is 2. The number of rotatable bonds is 10. The van der Waals surface area contributed by atoms with Crippen LogP contribution in [-0.2, 0) is 20.8 Å². The third-order valence-corrected chi connectivity index (χ3v) is 6.24. The first-order valence-corrected chi connectivity index (χ1v) is 11.2. The number of carboxylic acids is 2. The SMILES string of the molecule is C.CCC(C(=O)O)C(C)(C)C(=O)NC(Cc1ccc(NC(=O)c2c(Cl)cccc2Cl)cc1)C(=O)O. The number of carbonyl (C=O) groups is 4. The molecule has 2 atom stereocenters. The second-order valence-corrected chi connectivity index (χ2v) is 9.15. The summed E-state index contributed by atoms with van der Waals surface area (Å²) >= 11 is 12.1. The molecule has 190 valence electrons. The monoisotopic (exact) mass is 524 g/mol. The first-order chi connectivity index (χ1) is 15.9. The van der Waals surface area contributed by atoms with Gasteiger partial charge in [0.15, 0.2) is 0 Å². The summed E-state index contributed by atoms with van der Waals surface area (Å²) in [6.45, 7) is 4.61. The van der Waals surface area contributed by atoms with Gasteiger partial charge >= 0.3 is 11.9 Å². The van der Waals surface area contributed by atoms with Gasteiger partial charge in [0, 0.05) is 12.1 Å². The summed E-state index contributed by atoms with van der Waals surface area (Å²) in [7, 11) is 0. The third kappa shape index (κ3) is 7.44. The molecule has 2 aromatic carbocycles. The van der Waals surface area contributed by atoms with Crippen molar-refractivity contribution in [3.8, 4) is 0 Å². The van der Waals surface area contributed by atoms with Crippen LogP contribution in [0.25, 0.3) is 0 Å². The molecule has 2 unspecified atom stereocenters. The molecular weight excluding hydrogens is 495 g/mol. The van der Waals surface area contributed by atoms with Gasteiger partial charge in [-0.05, 0) is 36.2 Å². The molecule has 0 aliphatic heterocycles. The molecule has 2 aromatic rings. The van der Waals surface area contributed by atoms with E-state index in [1.807, 2.05) is 0 Å². The Labute approximate surface area is 214 Å². The molecule has 0 saturated carbocycles. The highest BCUT2D eigenvalue weighted by molar-refractivity contribution is 6.40. The van der Waals surface area contributed by atoms with Crippen LogP contribution in [0.4, 0.5) is 5.69 Å². The zero-order valence-corrected chi connectivity index (χ0v) is 20.4. The lowest BCUT2D eigenvalue weighted by molar-refractivity contribution is -0.152. The largest absolute Gasteiger partial charge is 0.481 e. The van der Waals surface area contributed by atoms with Crippen LogP contribution in [0, 0.1) is 11.3 Å². The minimum atomic E-state index is -1.30. The van der Waals surface area contributed by atoms with Gasteiger partial charge in [0.05, 0.1) is 26.9 Å². The fourth-order valence-corrected chi connectivity index (χ4v) is 4.13. The quantitative estimate of drug-likeness (QED) is 0.340. The Balaban J connectivity index is 0.00000612. The third-order valence-electron chi connectivity index (χ3n) is 5.61. The number of nitrogens with one attached hydrogen (secondary N) is 2. The molecule has 0 aliphatic carbocycles. The first-order valence-electron chi connectivity index (χ1n) is 10.5. The van der Waals surface area contributed by atoms with E-state index in [1.54, 1.807) is 49.4 Å². The molecule has 0 aliphatic rings. The van der Waals surface area contributed by atoms with Crippen molar-refractivity contribution < 1.29 is 29.4 Å². The van der Waals surface area contributed by atoms with E-state index in [9.17, 15) is 29.4 Å². The standard InChI is InChI=1S/C24H26Cl2N2O6.CH4/c1-4-15(21(30)31)24(2,3)23(34)28-18(22(32)33)12-13-8-10-14(11-9-13)27-20(29)19-16(25)6-5-7-17(19)26;/h5-11,15,18H,4,12H2,1-3H3,(H,27,29)(H,28,34)(H,30,31)(H,32,33);1H4. The number of carbonyl (C=O) groups excluding carboxylic acids is 2. The number of amides is 2. The van der Waals surface area contributed by atoms with E-state index in [0.717, 1.165) is 0 Å². The normalized spacial score (nSPS) is 12.6. The minimum absolute atomic E-state index is 0. The fourth-order valence-electron chi connectivity index (χ4n) is 3.56. The maximum atomic E-state index is 12.7. The molecule has 0 aromatic heterocycles. The summed E-state index contributed by atoms with van der Waals surface area (Å²) < 4.78 is 0. The van der Waals surface area contributed by atoms with Gasteiger partial charge in [-0.15, -0.1) is 0 Å². The Bertz CT molecular complexity index is 1070. The number of hydrogen-bond acceptors (Lipinski definition) is 4. The average Bonchev–Trinajstić information content (AvgIpc) is 2.74. The summed E-state index contributed by atoms with van der Waals surface area (Å²) in [6.07, 6.45) is 0.186. The molecule has 2 amide bonds. The van der Waals surface area contributed by atoms with Crippen molar-refractivity contribution in [2.75, 3.05) is 5.32 Å². The zero-order chi connectivity index (χ0) is 25.6. The Kier molecular flexibility index (Phi) is 10.7. The van der Waals surface area contributed by atoms with Gasteiger partial charge in [-0.1, -0.05) is 69.6 Å². The molecule has 0 saturated heterocycles. The fraction of sp³-hybridized carbons (Fsp3) is 0.360. The van der Waals surface area contributed by atoms with Crippen LogP contribution in [0.5, 0.6) is 0 Å². The second kappa shape index (κ2) is 12.6. The molecule has 0 bridgehead atoms. The molecule has 0 radical (unpaired) electrons. The van der Waals surface area contributed by atoms with Crippen molar-refractivity contribution in [2.45, 2.75) is 47.1 Å². The van der Waals surface area contributed by atoms with E-state index in [4.69, 9.17) is 23.2 Å². The van der Waals surface area contributed by atoms with Crippen LogP contribution in [0.2, 0.25) is 10.0 Å². The van der Waals surface area contributed by atoms with E-state index >= 15 is 0 Å². The van der Waals surface area contributed by atoms with E-state index in [0.29, 0.717) is 11.3 Å². The highest BCUT2D eigenvalue weighted by Gasteiger charge is 2.41. The molecule has 10 heteroatoms. The molecule has 2 rings (SSSR count). The lowest BCUT2D eigenvalue weighted by Crippen LogP contribution is -2.51. The summed E-state index contributed by atoms with van der Waals surface area (Å²) in [5.41, 5.74) is -0.140. The molecule has 0 heterocycles. The van der Waals surface area contributed by atoms with E-state index < -0.39 is 41.1 Å². The molecule has 4 N–H and O–H groups in total. The van der Waals surface area contributed by atoms with Crippen molar-refractivity contribution in [1.29, 1.82) is 0 Å². The van der Waals surface area contributed by atoms with E-state index in [-0.39, 0.29) is 35.9 Å². The molecule has 0 spiro atoms. The Hall–Kier alpha value is -3.10. The topological polar surface area (TPSA) is 133 Å². The highest BCUT2D eigenvalue weighted by Crippen LogP contribution is 2.30. The number of anilines is 1. The van der Waals surface area contributed by atoms with Gasteiger partial charge < -0.3 is 20.8 Å². The van der Waals surface area contributed by atoms with Crippen molar-refractivity contribution in [1.82, 2.24) is 5.32 Å². The lowest BCUT2D eigenvalue weighted by atomic mass is 9.76. The van der Waals surface area contributed by atoms with Crippen molar-refractivity contribution in [3.05, 3.63) is 63.6 Å². The Morgan fingerprint density at radius 3 is 1.94 bits per heavy atom. The van der Waals surface area contributed by atoms with Gasteiger partial charge in [0.2, 0.25) is 5.91 Å². The summed E-state index contributed by atoms with van der Waals surface area (Å²) in [5, 5.41) is 24.5. The summed E-state index contributed by atoms with van der Waals surface area (Å²) in [6, 6.07) is 9.85. The predicted octanol–water partition coefficient (Wildman–Crippen LogP) is 5.13. The van der Waals surface area contributed by atoms with Crippen LogP contribution < -0.4 is 10.6 Å². The Morgan fingerprint density at radius 1 is 0.943 bits per heavy atom. The van der Waals surface area contributed by atoms with Gasteiger partial charge in [-0.2, -0.15) is 0 Å². The number of halogens is 2. The van der Waals surface area contributed by atoms with Crippen LogP contribution in [0.15, 0.2) is 42.5 Å². The minimum Gasteiger partial charge on any atom is -0.481 e. The predicted molar refractivity (Wildman–Crippen MR) is 136 cm³/mol. The van der Waals surface area contributed by atoms with Gasteiger partial charge in [-0.3, -0.25) is 14.4 Å². The summed E-state index contributed by atoms with van der Waals surface area (Å²) in [4.78, 5) is 48.5. The van der Waals surface area contributed by atoms with E-state index in [1.165, 1.54) is 13.8 Å². The molecule has 8 nitrogen and oxygen atoms in total. The maximum absolute atomic E-state index is 12.7. The smallest absolute Gasteiger partial charge is 0.326 e. The zero-order valence-electron chi connectivity index (χ0n) is 18.9. The van der Waals surface area contributed by atoms with Crippen molar-refractivity contribution in [2.24, 2.45) is 11.3 Å². The van der Waals surface area contributed by atoms with Crippen LogP contribution in [0.1, 0.15) is 50.5 Å². The van der Waals surface area contributed by atoms with Gasteiger partial charge in [0.1, 0.15) is 6.04 Å². The van der Waals surface area contributed by atoms with Crippen LogP contribution >= 0.6 is 23.2 Å². The van der Waals surface area contributed by atoms with Crippen molar-refractivity contribution in [3.63, 3.8) is 0 Å². The lowest BCUT2D eigenvalue weighted by Gasteiger charge is -2.30. The highest BCUT2D eigenvalue weighted by atomic mass is 35.5. The maximum Gasteiger partial charge on any atom is 0.326 e. The van der Waals surface area contributed by atoms with Crippen molar-refractivity contribution >= 4 is 52.6 Å². The second-order valence-electron chi connectivity index (χ2n) is 8.34. The average molecular weight is 525 g/mol. The number of aliphatic carboxylic acids is 2. The van der Waals surface area contributed by atoms with E-state index in [2.05, 4.69) is 10.6 Å². The van der Waals surface area contributed by atoms with Crippen LogP contribution in [-0.4, -0.2) is 40.0 Å². The summed E-state index contributed by atoms with van der Waals surface area (Å²) in [5.74, 6) is -4.49. The van der Waals surface area contributed by atoms with Gasteiger partial charge in [0.25, 0.3) is 5.91 Å².